The highest BCUT2D eigenvalue weighted by atomic mass is 79.9. The Kier molecular flexibility index (Phi) is 3.21. The average molecular weight is 215 g/mol. The topological polar surface area (TPSA) is 33.4 Å². The predicted molar refractivity (Wildman–Crippen MR) is 45.0 cm³/mol. The number of aliphatic hydroxyl groups is 1. The van der Waals surface area contributed by atoms with E-state index in [1.807, 2.05) is 0 Å². The van der Waals surface area contributed by atoms with Crippen LogP contribution in [0.25, 0.3) is 0 Å². The fraction of sp³-hybridized carbons (Fsp3) is 0.250. The van der Waals surface area contributed by atoms with Gasteiger partial charge in [0, 0.05) is 6.42 Å². The molecule has 1 heterocycles. The van der Waals surface area contributed by atoms with Gasteiger partial charge in [-0.1, -0.05) is 5.92 Å². The molecule has 0 radical (unpaired) electrons. The lowest BCUT2D eigenvalue weighted by molar-refractivity contribution is 0.305. The van der Waals surface area contributed by atoms with E-state index in [2.05, 4.69) is 27.8 Å². The summed E-state index contributed by atoms with van der Waals surface area (Å²) in [5.74, 6) is 6.13. The maximum absolute atomic E-state index is 8.42. The van der Waals surface area contributed by atoms with Gasteiger partial charge in [0.25, 0.3) is 0 Å². The van der Waals surface area contributed by atoms with Gasteiger partial charge in [0.1, 0.15) is 0 Å². The van der Waals surface area contributed by atoms with Gasteiger partial charge in [0.2, 0.25) is 0 Å². The van der Waals surface area contributed by atoms with Crippen LogP contribution in [0.4, 0.5) is 0 Å². The van der Waals surface area contributed by atoms with E-state index in [9.17, 15) is 0 Å². The first-order chi connectivity index (χ1) is 5.34. The fourth-order valence-electron chi connectivity index (χ4n) is 0.582. The smallest absolute Gasteiger partial charge is 0.190 e. The molecule has 0 aromatic carbocycles. The molecule has 0 unspecified atom stereocenters. The van der Waals surface area contributed by atoms with Gasteiger partial charge in [-0.15, -0.1) is 0 Å². The van der Waals surface area contributed by atoms with Gasteiger partial charge in [-0.05, 0) is 27.9 Å². The Bertz CT molecular complexity index is 280. The molecule has 1 rings (SSSR count). The molecular formula is C8H7BrO2. The molecule has 3 heteroatoms. The molecule has 0 aliphatic heterocycles. The Morgan fingerprint density at radius 2 is 2.45 bits per heavy atom. The van der Waals surface area contributed by atoms with Crippen molar-refractivity contribution in [2.24, 2.45) is 0 Å². The SMILES string of the molecule is OCCC#Cc1occc1Br. The summed E-state index contributed by atoms with van der Waals surface area (Å²) in [6.45, 7) is 0.0886. The Morgan fingerprint density at radius 3 is 3.00 bits per heavy atom. The van der Waals surface area contributed by atoms with Gasteiger partial charge in [0.15, 0.2) is 5.76 Å². The minimum atomic E-state index is 0.0886. The van der Waals surface area contributed by atoms with Crippen LogP contribution in [-0.2, 0) is 0 Å². The molecule has 0 amide bonds. The molecule has 0 saturated carbocycles. The van der Waals surface area contributed by atoms with Gasteiger partial charge in [-0.2, -0.15) is 0 Å². The standard InChI is InChI=1S/C8H7BrO2/c9-7-4-6-11-8(7)3-1-2-5-10/h4,6,10H,2,5H2. The van der Waals surface area contributed by atoms with Crippen LogP contribution >= 0.6 is 15.9 Å². The minimum Gasteiger partial charge on any atom is -0.455 e. The summed E-state index contributed by atoms with van der Waals surface area (Å²) in [4.78, 5) is 0. The molecule has 1 aromatic rings. The molecule has 0 bridgehead atoms. The van der Waals surface area contributed by atoms with Crippen LogP contribution in [0.5, 0.6) is 0 Å². The number of hydrogen-bond donors (Lipinski definition) is 1. The molecule has 11 heavy (non-hydrogen) atoms. The summed E-state index contributed by atoms with van der Waals surface area (Å²) in [6, 6.07) is 1.78. The van der Waals surface area contributed by atoms with Crippen molar-refractivity contribution < 1.29 is 9.52 Å². The van der Waals surface area contributed by atoms with Crippen molar-refractivity contribution in [3.8, 4) is 11.8 Å². The van der Waals surface area contributed by atoms with Crippen LogP contribution in [0.3, 0.4) is 0 Å². The molecule has 0 fully saturated rings. The summed E-state index contributed by atoms with van der Waals surface area (Å²) in [5, 5.41) is 8.42. The van der Waals surface area contributed by atoms with E-state index < -0.39 is 0 Å². The van der Waals surface area contributed by atoms with E-state index in [1.54, 1.807) is 12.3 Å². The lowest BCUT2D eigenvalue weighted by Crippen LogP contribution is -1.76. The van der Waals surface area contributed by atoms with Crippen LogP contribution in [0.15, 0.2) is 21.2 Å². The van der Waals surface area contributed by atoms with Crippen LogP contribution in [0.2, 0.25) is 0 Å². The average Bonchev–Trinajstić information content (AvgIpc) is 2.37. The summed E-state index contributed by atoms with van der Waals surface area (Å²) in [7, 11) is 0. The zero-order valence-electron chi connectivity index (χ0n) is 5.80. The lowest BCUT2D eigenvalue weighted by Gasteiger charge is -1.81. The Morgan fingerprint density at radius 1 is 1.64 bits per heavy atom. The summed E-state index contributed by atoms with van der Waals surface area (Å²) < 4.78 is 5.86. The number of rotatable bonds is 1. The molecule has 0 aliphatic carbocycles. The summed E-state index contributed by atoms with van der Waals surface area (Å²) in [5.41, 5.74) is 0. The first kappa shape index (κ1) is 8.38. The van der Waals surface area contributed by atoms with Crippen molar-refractivity contribution in [3.05, 3.63) is 22.6 Å². The molecule has 58 valence electrons. The second kappa shape index (κ2) is 4.22. The van der Waals surface area contributed by atoms with Crippen molar-refractivity contribution >= 4 is 15.9 Å². The third-order valence-electron chi connectivity index (χ3n) is 1.06. The van der Waals surface area contributed by atoms with Crippen molar-refractivity contribution in [1.29, 1.82) is 0 Å². The number of hydrogen-bond acceptors (Lipinski definition) is 2. The molecule has 0 atom stereocenters. The first-order valence-corrected chi connectivity index (χ1v) is 3.96. The first-order valence-electron chi connectivity index (χ1n) is 3.17. The Balaban J connectivity index is 2.65. The van der Waals surface area contributed by atoms with Crippen LogP contribution in [0, 0.1) is 11.8 Å². The van der Waals surface area contributed by atoms with Crippen LogP contribution in [0.1, 0.15) is 12.2 Å². The lowest BCUT2D eigenvalue weighted by atomic mass is 10.4. The minimum absolute atomic E-state index is 0.0886. The zero-order valence-corrected chi connectivity index (χ0v) is 7.39. The molecule has 0 saturated heterocycles. The van der Waals surface area contributed by atoms with Crippen molar-refractivity contribution in [3.63, 3.8) is 0 Å². The third kappa shape index (κ3) is 2.41. The maximum Gasteiger partial charge on any atom is 0.190 e. The van der Waals surface area contributed by atoms with Crippen molar-refractivity contribution in [2.45, 2.75) is 6.42 Å². The zero-order chi connectivity index (χ0) is 8.10. The highest BCUT2D eigenvalue weighted by molar-refractivity contribution is 9.10. The normalized spacial score (nSPS) is 8.91. The van der Waals surface area contributed by atoms with Gasteiger partial charge in [-0.25, -0.2) is 0 Å². The molecule has 1 aromatic heterocycles. The highest BCUT2D eigenvalue weighted by Gasteiger charge is 1.96. The van der Waals surface area contributed by atoms with E-state index in [0.717, 1.165) is 4.47 Å². The molecule has 0 spiro atoms. The van der Waals surface area contributed by atoms with E-state index in [4.69, 9.17) is 9.52 Å². The summed E-state index contributed by atoms with van der Waals surface area (Å²) in [6.07, 6.45) is 2.04. The van der Waals surface area contributed by atoms with E-state index in [-0.39, 0.29) is 6.61 Å². The molecular weight excluding hydrogens is 208 g/mol. The maximum atomic E-state index is 8.42. The van der Waals surface area contributed by atoms with Crippen LogP contribution < -0.4 is 0 Å². The Hall–Kier alpha value is -0.720. The highest BCUT2D eigenvalue weighted by Crippen LogP contribution is 2.15. The van der Waals surface area contributed by atoms with E-state index in [1.165, 1.54) is 0 Å². The second-order valence-corrected chi connectivity index (χ2v) is 2.73. The number of halogens is 1. The largest absolute Gasteiger partial charge is 0.455 e. The third-order valence-corrected chi connectivity index (χ3v) is 1.68. The second-order valence-electron chi connectivity index (χ2n) is 1.87. The quantitative estimate of drug-likeness (QED) is 0.724. The van der Waals surface area contributed by atoms with Gasteiger partial charge in [-0.3, -0.25) is 0 Å². The number of aliphatic hydroxyl groups excluding tert-OH is 1. The Labute approximate surface area is 73.3 Å². The monoisotopic (exact) mass is 214 g/mol. The molecule has 2 nitrogen and oxygen atoms in total. The fourth-order valence-corrected chi connectivity index (χ4v) is 0.882. The van der Waals surface area contributed by atoms with E-state index in [0.29, 0.717) is 12.2 Å². The van der Waals surface area contributed by atoms with Gasteiger partial charge in [0.05, 0.1) is 17.3 Å². The van der Waals surface area contributed by atoms with Crippen LogP contribution in [-0.4, -0.2) is 11.7 Å². The van der Waals surface area contributed by atoms with Gasteiger partial charge >= 0.3 is 0 Å². The van der Waals surface area contributed by atoms with Crippen molar-refractivity contribution in [2.75, 3.05) is 6.61 Å². The predicted octanol–water partition coefficient (Wildman–Crippen LogP) is 1.78. The number of furan rings is 1. The van der Waals surface area contributed by atoms with Crippen molar-refractivity contribution in [1.82, 2.24) is 0 Å². The summed E-state index contributed by atoms with van der Waals surface area (Å²) >= 11 is 3.26. The molecule has 1 N–H and O–H groups in total. The van der Waals surface area contributed by atoms with Gasteiger partial charge < -0.3 is 9.52 Å². The molecule has 0 aliphatic rings. The van der Waals surface area contributed by atoms with E-state index >= 15 is 0 Å².